The van der Waals surface area contributed by atoms with Gasteiger partial charge in [0.1, 0.15) is 11.7 Å². The molecule has 132 valence electrons. The van der Waals surface area contributed by atoms with E-state index in [1.54, 1.807) is 6.07 Å². The van der Waals surface area contributed by atoms with Crippen LogP contribution in [0, 0.1) is 0 Å². The average molecular weight is 366 g/mol. The van der Waals surface area contributed by atoms with Crippen LogP contribution in [0.2, 0.25) is 0 Å². The van der Waals surface area contributed by atoms with Crippen molar-refractivity contribution in [3.05, 3.63) is 59.3 Å². The molecule has 0 unspecified atom stereocenters. The Bertz CT molecular complexity index is 1010. The smallest absolute Gasteiger partial charge is 0.323 e. The zero-order valence-corrected chi connectivity index (χ0v) is 15.0. The number of rotatable bonds is 3. The Morgan fingerprint density at radius 2 is 2.12 bits per heavy atom. The number of anilines is 1. The van der Waals surface area contributed by atoms with Crippen molar-refractivity contribution in [2.75, 3.05) is 12.8 Å². The molecule has 0 saturated heterocycles. The van der Waals surface area contributed by atoms with Gasteiger partial charge in [0, 0.05) is 35.4 Å². The third-order valence-electron chi connectivity index (χ3n) is 4.88. The van der Waals surface area contributed by atoms with Crippen molar-refractivity contribution in [3.8, 4) is 0 Å². The number of nitrogens with one attached hydrogen (secondary N) is 2. The van der Waals surface area contributed by atoms with Crippen LogP contribution in [0.15, 0.2) is 46.8 Å². The molecule has 0 fully saturated rings. The highest BCUT2D eigenvalue weighted by Crippen LogP contribution is 2.37. The number of carbonyl (C=O) groups excluding carboxylic acids is 1. The van der Waals surface area contributed by atoms with E-state index < -0.39 is 6.04 Å². The van der Waals surface area contributed by atoms with Crippen LogP contribution in [0.1, 0.15) is 22.9 Å². The minimum absolute atomic E-state index is 0.216. The van der Waals surface area contributed by atoms with E-state index in [4.69, 9.17) is 22.9 Å². The average Bonchev–Trinajstić information content (AvgIpc) is 3.05. The largest absolute Gasteiger partial charge is 0.468 e. The Labute approximate surface area is 155 Å². The van der Waals surface area contributed by atoms with Crippen LogP contribution in [0.25, 0.3) is 10.9 Å². The number of carbonyl (C=O) groups is 1. The highest BCUT2D eigenvalue weighted by Gasteiger charge is 2.34. The van der Waals surface area contributed by atoms with Crippen LogP contribution in [0.5, 0.6) is 0 Å². The van der Waals surface area contributed by atoms with Crippen molar-refractivity contribution in [2.45, 2.75) is 18.5 Å². The van der Waals surface area contributed by atoms with Gasteiger partial charge in [0.2, 0.25) is 0 Å². The van der Waals surface area contributed by atoms with Gasteiger partial charge in [-0.05, 0) is 29.3 Å². The Balaban J connectivity index is 1.88. The van der Waals surface area contributed by atoms with E-state index in [1.165, 1.54) is 7.11 Å². The van der Waals surface area contributed by atoms with Crippen molar-refractivity contribution in [1.82, 2.24) is 10.3 Å². The summed E-state index contributed by atoms with van der Waals surface area (Å²) in [4.78, 5) is 15.7. The van der Waals surface area contributed by atoms with Crippen LogP contribution in [-0.4, -0.2) is 24.1 Å². The molecule has 1 aromatic heterocycles. The topological polar surface area (TPSA) is 92.5 Å². The normalized spacial score (nSPS) is 19.1. The third-order valence-corrected chi connectivity index (χ3v) is 5.08. The minimum Gasteiger partial charge on any atom is -0.468 e. The number of nitrogen functional groups attached to an aromatic ring is 1. The fourth-order valence-corrected chi connectivity index (χ4v) is 3.77. The van der Waals surface area contributed by atoms with Crippen molar-refractivity contribution in [1.29, 1.82) is 0 Å². The molecule has 4 rings (SSSR count). The quantitative estimate of drug-likeness (QED) is 0.490. The number of aromatic nitrogens is 1. The maximum Gasteiger partial charge on any atom is 0.323 e. The van der Waals surface area contributed by atoms with E-state index in [2.05, 4.69) is 20.7 Å². The molecule has 0 bridgehead atoms. The fourth-order valence-electron chi connectivity index (χ4n) is 3.61. The van der Waals surface area contributed by atoms with E-state index in [0.717, 1.165) is 27.7 Å². The molecule has 0 spiro atoms. The lowest BCUT2D eigenvalue weighted by molar-refractivity contribution is -0.143. The van der Waals surface area contributed by atoms with Crippen molar-refractivity contribution >= 4 is 40.7 Å². The zero-order chi connectivity index (χ0) is 18.3. The van der Waals surface area contributed by atoms with Crippen LogP contribution in [0.3, 0.4) is 0 Å². The molecule has 6 nitrogen and oxygen atoms in total. The molecular formula is C19H18N4O2S. The number of para-hydroxylation sites is 1. The number of benzene rings is 2. The van der Waals surface area contributed by atoms with Gasteiger partial charge in [-0.2, -0.15) is 4.36 Å². The number of hydrogen-bond donors (Lipinski definition) is 3. The molecule has 7 heteroatoms. The predicted molar refractivity (Wildman–Crippen MR) is 103 cm³/mol. The molecule has 0 radical (unpaired) electrons. The van der Waals surface area contributed by atoms with Gasteiger partial charge in [-0.15, -0.1) is 0 Å². The molecular weight excluding hydrogens is 348 g/mol. The number of aromatic amines is 1. The van der Waals surface area contributed by atoms with Gasteiger partial charge >= 0.3 is 5.97 Å². The zero-order valence-electron chi connectivity index (χ0n) is 14.2. The molecule has 3 aromatic rings. The van der Waals surface area contributed by atoms with Gasteiger partial charge in [-0.1, -0.05) is 24.3 Å². The molecule has 0 aliphatic carbocycles. The summed E-state index contributed by atoms with van der Waals surface area (Å²) >= 11 is 4.82. The van der Waals surface area contributed by atoms with Gasteiger partial charge in [0.25, 0.3) is 0 Å². The Hall–Kier alpha value is -2.77. The number of ether oxygens (including phenoxy) is 1. The lowest BCUT2D eigenvalue weighted by Crippen LogP contribution is -2.45. The first-order valence-electron chi connectivity index (χ1n) is 8.28. The Kier molecular flexibility index (Phi) is 4.18. The van der Waals surface area contributed by atoms with E-state index in [-0.39, 0.29) is 12.0 Å². The summed E-state index contributed by atoms with van der Waals surface area (Å²) in [5.74, 6) is -0.283. The molecule has 1 aliphatic rings. The number of nitrogens with two attached hydrogens (primary N) is 1. The summed E-state index contributed by atoms with van der Waals surface area (Å²) in [5.41, 5.74) is 11.1. The number of nitrogens with zero attached hydrogens (tertiary/aromatic N) is 1. The van der Waals surface area contributed by atoms with Gasteiger partial charge in [-0.3, -0.25) is 10.1 Å². The van der Waals surface area contributed by atoms with E-state index >= 15 is 0 Å². The fraction of sp³-hybridized carbons (Fsp3) is 0.211. The molecule has 2 heterocycles. The van der Waals surface area contributed by atoms with E-state index in [1.807, 2.05) is 30.3 Å². The van der Waals surface area contributed by atoms with Gasteiger partial charge in [0.05, 0.1) is 18.8 Å². The lowest BCUT2D eigenvalue weighted by atomic mass is 9.90. The molecule has 4 N–H and O–H groups in total. The summed E-state index contributed by atoms with van der Waals surface area (Å²) in [6.45, 7) is 0. The maximum atomic E-state index is 12.2. The molecule has 0 amide bonds. The number of H-pyrrole nitrogens is 1. The van der Waals surface area contributed by atoms with E-state index in [0.29, 0.717) is 17.8 Å². The first-order valence-corrected chi connectivity index (χ1v) is 8.65. The minimum atomic E-state index is -0.432. The molecule has 2 aromatic carbocycles. The van der Waals surface area contributed by atoms with Crippen LogP contribution in [0.4, 0.5) is 11.4 Å². The Morgan fingerprint density at radius 3 is 2.88 bits per heavy atom. The SMILES string of the molecule is COC(=O)[C@H]1Cc2c([nH]c3ccccc23)[C@@H](c2ccc(N)c(N=S)c2)N1. The number of fused-ring (bicyclic) bond motifs is 3. The van der Waals surface area contributed by atoms with Crippen LogP contribution < -0.4 is 11.1 Å². The lowest BCUT2D eigenvalue weighted by Gasteiger charge is -2.30. The molecule has 2 atom stereocenters. The standard InChI is InChI=1S/C19H18N4O2S/c1-25-19(24)16-9-12-11-4-2-3-5-14(11)21-18(12)17(22-16)10-6-7-13(20)15(8-10)23-26/h2-8,16-17,21-22H,9,20H2,1H3/t16-,17-/m1/s1. The summed E-state index contributed by atoms with van der Waals surface area (Å²) in [5, 5.41) is 4.50. The van der Waals surface area contributed by atoms with Crippen molar-refractivity contribution < 1.29 is 9.53 Å². The second kappa shape index (κ2) is 6.51. The number of esters is 1. The van der Waals surface area contributed by atoms with Crippen LogP contribution >= 0.6 is 0 Å². The molecule has 0 saturated carbocycles. The van der Waals surface area contributed by atoms with Crippen molar-refractivity contribution in [2.24, 2.45) is 4.36 Å². The van der Waals surface area contributed by atoms with Gasteiger partial charge < -0.3 is 15.5 Å². The van der Waals surface area contributed by atoms with E-state index in [9.17, 15) is 4.79 Å². The predicted octanol–water partition coefficient (Wildman–Crippen LogP) is 2.89. The monoisotopic (exact) mass is 366 g/mol. The Morgan fingerprint density at radius 1 is 1.31 bits per heavy atom. The summed E-state index contributed by atoms with van der Waals surface area (Å²) in [7, 11) is 1.40. The molecule has 1 aliphatic heterocycles. The number of methoxy groups -OCH3 is 1. The molecule has 26 heavy (non-hydrogen) atoms. The first-order chi connectivity index (χ1) is 12.6. The third kappa shape index (κ3) is 2.65. The van der Waals surface area contributed by atoms with Gasteiger partial charge in [0.15, 0.2) is 0 Å². The number of hydrogen-bond acceptors (Lipinski definition) is 6. The van der Waals surface area contributed by atoms with Crippen LogP contribution in [-0.2, 0) is 28.4 Å². The summed E-state index contributed by atoms with van der Waals surface area (Å²) < 4.78 is 8.80. The maximum absolute atomic E-state index is 12.2. The highest BCUT2D eigenvalue weighted by molar-refractivity contribution is 7.47. The first kappa shape index (κ1) is 16.7. The second-order valence-electron chi connectivity index (χ2n) is 6.35. The summed E-state index contributed by atoms with van der Waals surface area (Å²) in [6.07, 6.45) is 0.565. The van der Waals surface area contributed by atoms with Gasteiger partial charge in [-0.25, -0.2) is 0 Å². The van der Waals surface area contributed by atoms with Crippen molar-refractivity contribution in [3.63, 3.8) is 0 Å². The highest BCUT2D eigenvalue weighted by atomic mass is 32.1. The summed E-state index contributed by atoms with van der Waals surface area (Å²) in [6, 6.07) is 13.0. The second-order valence-corrected chi connectivity index (χ2v) is 6.53.